The van der Waals surface area contributed by atoms with Crippen LogP contribution in [0.1, 0.15) is 38.1 Å². The first kappa shape index (κ1) is 19.0. The normalized spacial score (nSPS) is 14.9. The second-order valence-electron chi connectivity index (χ2n) is 7.43. The molecule has 0 bridgehead atoms. The van der Waals surface area contributed by atoms with E-state index in [-0.39, 0.29) is 11.4 Å². The highest BCUT2D eigenvalue weighted by Crippen LogP contribution is 2.39. The second kappa shape index (κ2) is 8.02. The van der Waals surface area contributed by atoms with Crippen molar-refractivity contribution in [3.8, 4) is 33.2 Å². The maximum absolute atomic E-state index is 14.2. The fourth-order valence-electron chi connectivity index (χ4n) is 4.03. The van der Waals surface area contributed by atoms with E-state index in [1.54, 1.807) is 18.6 Å². The molecule has 5 rings (SSSR count). The molecule has 1 aliphatic rings. The number of rotatable bonds is 4. The molecule has 5 nitrogen and oxygen atoms in total. The molecule has 0 aliphatic heterocycles. The molecule has 3 heterocycles. The second-order valence-corrected chi connectivity index (χ2v) is 8.18. The van der Waals surface area contributed by atoms with Crippen LogP contribution in [-0.4, -0.2) is 24.1 Å². The van der Waals surface area contributed by atoms with Crippen LogP contribution in [0.3, 0.4) is 0 Å². The SMILES string of the molecule is Fc1ccc(F)c(-c2nsc(-c3cnn(C4CCCCC4)c3-c3ccncc3)n2)c1. The van der Waals surface area contributed by atoms with Crippen LogP contribution in [0.5, 0.6) is 0 Å². The molecule has 0 saturated heterocycles. The summed E-state index contributed by atoms with van der Waals surface area (Å²) in [5, 5.41) is 5.33. The summed E-state index contributed by atoms with van der Waals surface area (Å²) in [6.07, 6.45) is 11.1. The van der Waals surface area contributed by atoms with Gasteiger partial charge in [-0.1, -0.05) is 19.3 Å². The standard InChI is InChI=1S/C22H19F2N5S/c23-15-6-7-19(24)17(12-15)21-27-22(30-28-21)18-13-26-29(16-4-2-1-3-5-16)20(18)14-8-10-25-11-9-14/h6-13,16H,1-5H2. The van der Waals surface area contributed by atoms with Gasteiger partial charge in [-0.25, -0.2) is 13.8 Å². The van der Waals surface area contributed by atoms with Gasteiger partial charge in [0.1, 0.15) is 16.6 Å². The summed E-state index contributed by atoms with van der Waals surface area (Å²) in [6.45, 7) is 0. The first-order chi connectivity index (χ1) is 14.7. The van der Waals surface area contributed by atoms with E-state index in [9.17, 15) is 8.78 Å². The number of hydrogen-bond donors (Lipinski definition) is 0. The molecule has 0 radical (unpaired) electrons. The van der Waals surface area contributed by atoms with Crippen molar-refractivity contribution < 1.29 is 8.78 Å². The van der Waals surface area contributed by atoms with Crippen LogP contribution >= 0.6 is 11.5 Å². The molecular weight excluding hydrogens is 404 g/mol. The molecule has 4 aromatic rings. The fraction of sp³-hybridized carbons (Fsp3) is 0.273. The topological polar surface area (TPSA) is 56.5 Å². The van der Waals surface area contributed by atoms with Gasteiger partial charge in [0.15, 0.2) is 5.82 Å². The largest absolute Gasteiger partial charge is 0.265 e. The van der Waals surface area contributed by atoms with Crippen molar-refractivity contribution >= 4 is 11.5 Å². The zero-order valence-electron chi connectivity index (χ0n) is 16.1. The third-order valence-corrected chi connectivity index (χ3v) is 6.24. The fourth-order valence-corrected chi connectivity index (χ4v) is 4.72. The zero-order chi connectivity index (χ0) is 20.5. The van der Waals surface area contributed by atoms with Gasteiger partial charge in [0.05, 0.1) is 29.1 Å². The molecule has 1 aromatic carbocycles. The van der Waals surface area contributed by atoms with E-state index < -0.39 is 11.6 Å². The van der Waals surface area contributed by atoms with E-state index in [0.29, 0.717) is 11.0 Å². The average Bonchev–Trinajstić information content (AvgIpc) is 3.44. The van der Waals surface area contributed by atoms with Crippen molar-refractivity contribution in [3.05, 3.63) is 60.6 Å². The van der Waals surface area contributed by atoms with E-state index in [0.717, 1.165) is 59.4 Å². The highest BCUT2D eigenvalue weighted by molar-refractivity contribution is 7.09. The predicted octanol–water partition coefficient (Wildman–Crippen LogP) is 5.91. The van der Waals surface area contributed by atoms with Crippen molar-refractivity contribution in [1.82, 2.24) is 24.1 Å². The van der Waals surface area contributed by atoms with E-state index in [4.69, 9.17) is 5.10 Å². The van der Waals surface area contributed by atoms with E-state index in [1.807, 2.05) is 12.1 Å². The number of hydrogen-bond acceptors (Lipinski definition) is 5. The minimum atomic E-state index is -0.548. The molecule has 0 amide bonds. The highest BCUT2D eigenvalue weighted by atomic mass is 32.1. The van der Waals surface area contributed by atoms with Crippen LogP contribution in [0.4, 0.5) is 8.78 Å². The van der Waals surface area contributed by atoms with Crippen LogP contribution < -0.4 is 0 Å². The maximum atomic E-state index is 14.2. The molecular formula is C22H19F2N5S. The lowest BCUT2D eigenvalue weighted by atomic mass is 9.95. The van der Waals surface area contributed by atoms with Crippen LogP contribution in [-0.2, 0) is 0 Å². The lowest BCUT2D eigenvalue weighted by molar-refractivity contribution is 0.332. The van der Waals surface area contributed by atoms with Crippen molar-refractivity contribution in [3.63, 3.8) is 0 Å². The Bertz CT molecular complexity index is 1170. The van der Waals surface area contributed by atoms with Crippen molar-refractivity contribution in [2.24, 2.45) is 0 Å². The molecule has 152 valence electrons. The first-order valence-corrected chi connectivity index (χ1v) is 10.8. The van der Waals surface area contributed by atoms with E-state index in [1.165, 1.54) is 19.3 Å². The summed E-state index contributed by atoms with van der Waals surface area (Å²) >= 11 is 1.16. The third-order valence-electron chi connectivity index (χ3n) is 5.50. The number of pyridine rings is 1. The summed E-state index contributed by atoms with van der Waals surface area (Å²) in [7, 11) is 0. The number of halogens is 2. The number of aromatic nitrogens is 5. The van der Waals surface area contributed by atoms with Gasteiger partial charge in [0, 0.05) is 18.0 Å². The van der Waals surface area contributed by atoms with Crippen molar-refractivity contribution in [2.75, 3.05) is 0 Å². The lowest BCUT2D eigenvalue weighted by Crippen LogP contribution is -2.15. The van der Waals surface area contributed by atoms with Crippen molar-refractivity contribution in [1.29, 1.82) is 0 Å². The Morgan fingerprint density at radius 1 is 0.967 bits per heavy atom. The Balaban J connectivity index is 1.61. The van der Waals surface area contributed by atoms with Crippen LogP contribution in [0.2, 0.25) is 0 Å². The quantitative estimate of drug-likeness (QED) is 0.409. The Morgan fingerprint density at radius 2 is 1.77 bits per heavy atom. The molecule has 0 unspecified atom stereocenters. The average molecular weight is 423 g/mol. The van der Waals surface area contributed by atoms with Gasteiger partial charge in [-0.3, -0.25) is 9.67 Å². The predicted molar refractivity (Wildman–Crippen MR) is 112 cm³/mol. The number of benzene rings is 1. The van der Waals surface area contributed by atoms with Crippen molar-refractivity contribution in [2.45, 2.75) is 38.1 Å². The van der Waals surface area contributed by atoms with Gasteiger partial charge in [0.25, 0.3) is 0 Å². The minimum absolute atomic E-state index is 0.0580. The lowest BCUT2D eigenvalue weighted by Gasteiger charge is -2.24. The summed E-state index contributed by atoms with van der Waals surface area (Å²) in [5.41, 5.74) is 2.86. The molecule has 1 saturated carbocycles. The van der Waals surface area contributed by atoms with Gasteiger partial charge in [-0.05, 0) is 54.7 Å². The first-order valence-electron chi connectivity index (χ1n) is 9.98. The Kier molecular flexibility index (Phi) is 5.08. The van der Waals surface area contributed by atoms with Crippen LogP contribution in [0, 0.1) is 11.6 Å². The molecule has 1 aliphatic carbocycles. The summed E-state index contributed by atoms with van der Waals surface area (Å²) in [4.78, 5) is 8.66. The molecule has 0 spiro atoms. The van der Waals surface area contributed by atoms with E-state index >= 15 is 0 Å². The summed E-state index contributed by atoms with van der Waals surface area (Å²) in [5.74, 6) is -0.892. The van der Waals surface area contributed by atoms with Crippen LogP contribution in [0.15, 0.2) is 48.9 Å². The summed E-state index contributed by atoms with van der Waals surface area (Å²) in [6, 6.07) is 7.54. The molecule has 3 aromatic heterocycles. The van der Waals surface area contributed by atoms with Gasteiger partial charge >= 0.3 is 0 Å². The molecule has 0 N–H and O–H groups in total. The van der Waals surface area contributed by atoms with Crippen LogP contribution in [0.25, 0.3) is 33.2 Å². The van der Waals surface area contributed by atoms with Gasteiger partial charge in [0.2, 0.25) is 0 Å². The maximum Gasteiger partial charge on any atom is 0.176 e. The molecule has 0 atom stereocenters. The third kappa shape index (κ3) is 3.52. The van der Waals surface area contributed by atoms with Gasteiger partial charge < -0.3 is 0 Å². The highest BCUT2D eigenvalue weighted by Gasteiger charge is 2.24. The minimum Gasteiger partial charge on any atom is -0.265 e. The summed E-state index contributed by atoms with van der Waals surface area (Å²) < 4.78 is 34.2. The zero-order valence-corrected chi connectivity index (χ0v) is 16.9. The molecule has 1 fully saturated rings. The smallest absolute Gasteiger partial charge is 0.176 e. The Morgan fingerprint density at radius 3 is 2.57 bits per heavy atom. The molecule has 30 heavy (non-hydrogen) atoms. The Hall–Kier alpha value is -3.00. The monoisotopic (exact) mass is 423 g/mol. The van der Waals surface area contributed by atoms with Gasteiger partial charge in [-0.2, -0.15) is 9.47 Å². The number of nitrogens with zero attached hydrogens (tertiary/aromatic N) is 5. The van der Waals surface area contributed by atoms with E-state index in [2.05, 4.69) is 19.0 Å². The molecule has 8 heteroatoms. The van der Waals surface area contributed by atoms with Gasteiger partial charge in [-0.15, -0.1) is 0 Å². The Labute approximate surface area is 176 Å².